The summed E-state index contributed by atoms with van der Waals surface area (Å²) in [4.78, 5) is 31.9. The normalized spacial score (nSPS) is 19.9. The van der Waals surface area contributed by atoms with E-state index in [1.54, 1.807) is 14.1 Å². The molecule has 11 nitrogen and oxygen atoms in total. The van der Waals surface area contributed by atoms with Crippen molar-refractivity contribution in [3.63, 3.8) is 0 Å². The highest BCUT2D eigenvalue weighted by atomic mass is 32.2. The molecule has 2 atom stereocenters. The number of nitrogen functional groups attached to an aromatic ring is 1. The number of carbonyl (C=O) groups is 1. The molecule has 7 heterocycles. The molecule has 16 heteroatoms. The fraction of sp³-hybridized carbons (Fsp3) is 0.553. The molecule has 4 aliphatic rings. The van der Waals surface area contributed by atoms with Gasteiger partial charge < -0.3 is 20.3 Å². The van der Waals surface area contributed by atoms with Gasteiger partial charge in [-0.1, -0.05) is 19.8 Å². The minimum Gasteiger partial charge on any atom is -0.467 e. The summed E-state index contributed by atoms with van der Waals surface area (Å²) in [5.41, 5.74) is 9.32. The number of nitrogens with two attached hydrogens (primary N) is 1. The average molecular weight is 772 g/mol. The molecule has 7 rings (SSSR count). The number of hydrogen-bond donors (Lipinski definition) is 1. The first-order chi connectivity index (χ1) is 25.8. The summed E-state index contributed by atoms with van der Waals surface area (Å²) in [6.45, 7) is 11.2. The molecule has 54 heavy (non-hydrogen) atoms. The van der Waals surface area contributed by atoms with Crippen LogP contribution >= 0.6 is 11.8 Å². The number of carbonyl (C=O) groups excluding carboxylic acids is 1. The minimum absolute atomic E-state index is 0.0215. The molecule has 2 fully saturated rings. The number of pyridine rings is 1. The maximum absolute atomic E-state index is 14.3. The van der Waals surface area contributed by atoms with Gasteiger partial charge in [-0.15, -0.1) is 11.8 Å². The molecule has 0 saturated carbocycles. The van der Waals surface area contributed by atoms with Crippen LogP contribution in [0.2, 0.25) is 0 Å². The Hall–Kier alpha value is -4.36. The molecule has 1 amide bonds. The van der Waals surface area contributed by atoms with Crippen molar-refractivity contribution in [1.82, 2.24) is 34.5 Å². The number of anilines is 2. The highest BCUT2D eigenvalue weighted by Gasteiger charge is 2.41. The molecule has 2 unspecified atom stereocenters. The molecule has 2 N–H and O–H groups in total. The van der Waals surface area contributed by atoms with E-state index in [0.717, 1.165) is 48.1 Å². The predicted molar refractivity (Wildman–Crippen MR) is 203 cm³/mol. The molecule has 4 aliphatic heterocycles. The Morgan fingerprint density at radius 2 is 1.87 bits per heavy atom. The lowest BCUT2D eigenvalue weighted by atomic mass is 9.97. The van der Waals surface area contributed by atoms with Crippen LogP contribution < -0.4 is 15.4 Å². The molecule has 292 valence electrons. The summed E-state index contributed by atoms with van der Waals surface area (Å²) < 4.78 is 62.2. The quantitative estimate of drug-likeness (QED) is 0.226. The molecule has 0 radical (unpaired) electrons. The van der Waals surface area contributed by atoms with Gasteiger partial charge in [0.25, 0.3) is 5.91 Å². The number of thioether (sulfide) groups is 1. The first kappa shape index (κ1) is 40.8. The zero-order valence-corrected chi connectivity index (χ0v) is 32.8. The van der Waals surface area contributed by atoms with E-state index >= 15 is 0 Å². The van der Waals surface area contributed by atoms with Gasteiger partial charge in [0.05, 0.1) is 36.9 Å². The third-order valence-electron chi connectivity index (χ3n) is 9.91. The maximum atomic E-state index is 14.3. The molecule has 0 aromatic carbocycles. The number of aryl methyl sites for hydroxylation is 1. The number of aromatic nitrogens is 5. The average Bonchev–Trinajstić information content (AvgIpc) is 3.80. The Labute approximate surface area is 318 Å². The van der Waals surface area contributed by atoms with Crippen LogP contribution in [0.4, 0.5) is 29.2 Å². The van der Waals surface area contributed by atoms with E-state index in [1.165, 1.54) is 56.1 Å². The lowest BCUT2D eigenvalue weighted by molar-refractivity contribution is -0.138. The van der Waals surface area contributed by atoms with E-state index in [-0.39, 0.29) is 35.4 Å². The van der Waals surface area contributed by atoms with Crippen molar-refractivity contribution in [1.29, 1.82) is 0 Å². The minimum atomic E-state index is -4.66. The number of hydrogen-bond acceptors (Lipinski definition) is 10. The lowest BCUT2D eigenvalue weighted by Gasteiger charge is -2.31. The van der Waals surface area contributed by atoms with Crippen molar-refractivity contribution in [3.05, 3.63) is 63.0 Å². The monoisotopic (exact) mass is 771 g/mol. The Morgan fingerprint density at radius 3 is 2.52 bits per heavy atom. The van der Waals surface area contributed by atoms with E-state index in [0.29, 0.717) is 48.6 Å². The summed E-state index contributed by atoms with van der Waals surface area (Å²) in [6, 6.07) is 2.11. The number of rotatable bonds is 4. The van der Waals surface area contributed by atoms with Gasteiger partial charge in [-0.2, -0.15) is 28.2 Å². The number of ether oxygens (including phenoxy) is 1. The number of halogens is 4. The van der Waals surface area contributed by atoms with E-state index in [2.05, 4.69) is 36.7 Å². The van der Waals surface area contributed by atoms with Gasteiger partial charge in [0.15, 0.2) is 5.69 Å². The fourth-order valence-electron chi connectivity index (χ4n) is 7.41. The standard InChI is InChI=1S/C28H31F3N8O2S.C8H12FN.C2H6/c1-6-8-18-23(28(29,30)31)16(11-22(32)33-18)21-12-19-17(14-42-21)25(35-27(34-19)41-5)38-9-7-10-39-20(13-38)15(2)24(36-39)26(40)37(3)4;9-5-7-4-8-2-1-3-10(8)6-7;1-2/h11,21H,7,9-10,12-14H2,1-5H3,(H2,32,33);5,8H,1-4,6H2;1-2H3/b;7-5-;. The van der Waals surface area contributed by atoms with Crippen LogP contribution in [0.1, 0.15) is 102 Å². The number of methoxy groups -OCH3 is 1. The molecular weight excluding hydrogens is 723 g/mol. The van der Waals surface area contributed by atoms with Crippen molar-refractivity contribution in [2.75, 3.05) is 51.5 Å². The second-order valence-corrected chi connectivity index (χ2v) is 14.7. The summed E-state index contributed by atoms with van der Waals surface area (Å²) >= 11 is 1.37. The van der Waals surface area contributed by atoms with Crippen molar-refractivity contribution in [2.24, 2.45) is 0 Å². The van der Waals surface area contributed by atoms with Crippen LogP contribution in [0.3, 0.4) is 0 Å². The van der Waals surface area contributed by atoms with Crippen molar-refractivity contribution in [2.45, 2.75) is 96.1 Å². The van der Waals surface area contributed by atoms with Crippen LogP contribution in [0.5, 0.6) is 6.01 Å². The van der Waals surface area contributed by atoms with Crippen molar-refractivity contribution < 1.29 is 27.1 Å². The molecule has 3 aromatic rings. The number of alkyl halides is 3. The molecule has 0 spiro atoms. The van der Waals surface area contributed by atoms with Gasteiger partial charge in [-0.25, -0.2) is 9.37 Å². The summed E-state index contributed by atoms with van der Waals surface area (Å²) in [6.07, 6.45) is 0.664. The van der Waals surface area contributed by atoms with E-state index in [9.17, 15) is 22.4 Å². The Bertz CT molecular complexity index is 1920. The van der Waals surface area contributed by atoms with Gasteiger partial charge in [0.1, 0.15) is 17.3 Å². The molecule has 0 aliphatic carbocycles. The fourth-order valence-corrected chi connectivity index (χ4v) is 8.71. The lowest BCUT2D eigenvalue weighted by Crippen LogP contribution is -2.28. The van der Waals surface area contributed by atoms with Gasteiger partial charge in [0.2, 0.25) is 0 Å². The topological polar surface area (TPSA) is 119 Å². The molecule has 2 saturated heterocycles. The zero-order chi connectivity index (χ0) is 39.3. The zero-order valence-electron chi connectivity index (χ0n) is 32.0. The van der Waals surface area contributed by atoms with E-state index in [1.807, 2.05) is 25.5 Å². The smallest absolute Gasteiger partial charge is 0.419 e. The molecule has 0 bridgehead atoms. The van der Waals surface area contributed by atoms with Crippen molar-refractivity contribution in [3.8, 4) is 17.9 Å². The van der Waals surface area contributed by atoms with Gasteiger partial charge >= 0.3 is 12.2 Å². The number of amides is 1. The van der Waals surface area contributed by atoms with Crippen LogP contribution in [0.15, 0.2) is 18.0 Å². The second kappa shape index (κ2) is 17.4. The van der Waals surface area contributed by atoms with Crippen LogP contribution in [0.25, 0.3) is 0 Å². The maximum Gasteiger partial charge on any atom is 0.419 e. The second-order valence-electron chi connectivity index (χ2n) is 13.6. The molecule has 3 aromatic heterocycles. The van der Waals surface area contributed by atoms with Gasteiger partial charge in [-0.3, -0.25) is 14.4 Å². The first-order valence-corrected chi connectivity index (χ1v) is 19.3. The van der Waals surface area contributed by atoms with E-state index < -0.39 is 17.0 Å². The largest absolute Gasteiger partial charge is 0.467 e. The Balaban J connectivity index is 0.000000397. The Morgan fingerprint density at radius 1 is 1.11 bits per heavy atom. The van der Waals surface area contributed by atoms with Crippen molar-refractivity contribution >= 4 is 29.3 Å². The first-order valence-electron chi connectivity index (χ1n) is 18.2. The third kappa shape index (κ3) is 8.62. The van der Waals surface area contributed by atoms with E-state index in [4.69, 9.17) is 15.5 Å². The summed E-state index contributed by atoms with van der Waals surface area (Å²) in [5, 5.41) is 4.01. The van der Waals surface area contributed by atoms with Crippen LogP contribution in [-0.4, -0.2) is 87.3 Å². The summed E-state index contributed by atoms with van der Waals surface area (Å²) in [5.74, 6) is 5.85. The number of nitrogens with zero attached hydrogens (tertiary/aromatic N) is 8. The predicted octanol–water partition coefficient (Wildman–Crippen LogP) is 6.73. The van der Waals surface area contributed by atoms with Gasteiger partial charge in [-0.05, 0) is 69.2 Å². The highest BCUT2D eigenvalue weighted by Crippen LogP contribution is 2.48. The molecular formula is C38H49F4N9O2S. The van der Waals surface area contributed by atoms with Gasteiger partial charge in [0, 0.05) is 68.3 Å². The number of fused-ring (bicyclic) bond motifs is 3. The SMILES string of the molecule is CC.CC#Cc1nc(N)cc(C2Cc3nc(OC)nc(N4CCCn5nc(C(=O)N(C)C)c(C)c5C4)c3CS2)c1C(F)(F)F.F/C=C1/CC2CCCN2C1. The summed E-state index contributed by atoms with van der Waals surface area (Å²) in [7, 11) is 4.85. The van der Waals surface area contributed by atoms with Crippen LogP contribution in [-0.2, 0) is 31.4 Å². The highest BCUT2D eigenvalue weighted by molar-refractivity contribution is 7.98. The van der Waals surface area contributed by atoms with Crippen LogP contribution in [0, 0.1) is 18.8 Å². The third-order valence-corrected chi connectivity index (χ3v) is 11.2. The Kier molecular flexibility index (Phi) is 13.2.